The first-order valence-electron chi connectivity index (χ1n) is 12.2. The number of carbonyl (C=O) groups is 3. The molecule has 204 valence electrons. The van der Waals surface area contributed by atoms with Crippen LogP contribution in [0.3, 0.4) is 0 Å². The lowest BCUT2D eigenvalue weighted by molar-refractivity contribution is -0.118. The van der Waals surface area contributed by atoms with Crippen LogP contribution in [0.4, 0.5) is 14.5 Å². The third-order valence-electron chi connectivity index (χ3n) is 5.86. The number of benzene rings is 3. The van der Waals surface area contributed by atoms with Gasteiger partial charge in [0.25, 0.3) is 5.91 Å². The maximum atomic E-state index is 14.3. The molecule has 39 heavy (non-hydrogen) atoms. The predicted octanol–water partition coefficient (Wildman–Crippen LogP) is 5.80. The zero-order valence-electron chi connectivity index (χ0n) is 21.6. The Hall–Kier alpha value is -3.79. The maximum absolute atomic E-state index is 14.3. The Morgan fingerprint density at radius 3 is 2.44 bits per heavy atom. The zero-order valence-corrected chi connectivity index (χ0v) is 23.2. The smallest absolute Gasteiger partial charge is 0.338 e. The highest BCUT2D eigenvalue weighted by atomic mass is 79.9. The van der Waals surface area contributed by atoms with E-state index in [1.165, 1.54) is 41.3 Å². The van der Waals surface area contributed by atoms with Crippen LogP contribution in [0.25, 0.3) is 0 Å². The van der Waals surface area contributed by atoms with E-state index in [1.807, 2.05) is 0 Å². The molecular weight excluding hydrogens is 574 g/mol. The fourth-order valence-electron chi connectivity index (χ4n) is 4.02. The van der Waals surface area contributed by atoms with Crippen molar-refractivity contribution >= 4 is 39.4 Å². The second kappa shape index (κ2) is 11.5. The topological polar surface area (TPSA) is 84.9 Å². The second-order valence-electron chi connectivity index (χ2n) is 10.1. The normalized spacial score (nSPS) is 15.3. The van der Waals surface area contributed by atoms with E-state index in [-0.39, 0.29) is 29.2 Å². The molecule has 1 atom stereocenters. The molecule has 1 aliphatic rings. The Morgan fingerprint density at radius 2 is 1.74 bits per heavy atom. The largest absolute Gasteiger partial charge is 0.489 e. The molecule has 0 aliphatic carbocycles. The van der Waals surface area contributed by atoms with E-state index in [1.54, 1.807) is 39.0 Å². The van der Waals surface area contributed by atoms with Crippen molar-refractivity contribution in [2.75, 3.05) is 11.4 Å². The Morgan fingerprint density at radius 1 is 1.03 bits per heavy atom. The van der Waals surface area contributed by atoms with E-state index in [4.69, 9.17) is 9.47 Å². The molecule has 0 radical (unpaired) electrons. The molecule has 2 amide bonds. The van der Waals surface area contributed by atoms with Crippen LogP contribution in [0.5, 0.6) is 5.75 Å². The zero-order chi connectivity index (χ0) is 28.3. The van der Waals surface area contributed by atoms with Crippen LogP contribution in [-0.2, 0) is 16.1 Å². The first-order valence-corrected chi connectivity index (χ1v) is 13.0. The summed E-state index contributed by atoms with van der Waals surface area (Å²) < 4.78 is 39.0. The van der Waals surface area contributed by atoms with Gasteiger partial charge in [-0.25, -0.2) is 13.6 Å². The average molecular weight is 601 g/mol. The van der Waals surface area contributed by atoms with E-state index in [9.17, 15) is 23.2 Å². The summed E-state index contributed by atoms with van der Waals surface area (Å²) >= 11 is 3.38. The van der Waals surface area contributed by atoms with Crippen molar-refractivity contribution in [2.45, 2.75) is 45.4 Å². The third kappa shape index (κ3) is 7.20. The fourth-order valence-corrected chi connectivity index (χ4v) is 4.50. The summed E-state index contributed by atoms with van der Waals surface area (Å²) in [4.78, 5) is 40.2. The van der Waals surface area contributed by atoms with Crippen molar-refractivity contribution in [1.29, 1.82) is 0 Å². The summed E-state index contributed by atoms with van der Waals surface area (Å²) in [7, 11) is 0. The van der Waals surface area contributed by atoms with Crippen LogP contribution in [0.15, 0.2) is 65.1 Å². The van der Waals surface area contributed by atoms with E-state index in [0.29, 0.717) is 28.9 Å². The van der Waals surface area contributed by atoms with Gasteiger partial charge in [0, 0.05) is 27.8 Å². The number of halogens is 3. The lowest BCUT2D eigenvalue weighted by Crippen LogP contribution is -2.41. The second-order valence-corrected chi connectivity index (χ2v) is 11.0. The molecule has 3 aromatic rings. The van der Waals surface area contributed by atoms with Crippen LogP contribution in [-0.4, -0.2) is 36.0 Å². The summed E-state index contributed by atoms with van der Waals surface area (Å²) in [6.45, 7) is 5.46. The van der Waals surface area contributed by atoms with Gasteiger partial charge in [0.05, 0.1) is 5.56 Å². The molecule has 1 heterocycles. The van der Waals surface area contributed by atoms with E-state index < -0.39 is 35.2 Å². The summed E-state index contributed by atoms with van der Waals surface area (Å²) in [5.41, 5.74) is 0.404. The Bertz CT molecular complexity index is 1410. The summed E-state index contributed by atoms with van der Waals surface area (Å²) in [5.74, 6) is -2.02. The third-order valence-corrected chi connectivity index (χ3v) is 6.31. The molecule has 0 bridgehead atoms. The summed E-state index contributed by atoms with van der Waals surface area (Å²) in [5, 5.41) is 2.72. The quantitative estimate of drug-likeness (QED) is 0.347. The number of amides is 2. The molecule has 1 saturated heterocycles. The molecule has 1 unspecified atom stereocenters. The molecule has 7 nitrogen and oxygen atoms in total. The molecule has 1 N–H and O–H groups in total. The number of rotatable bonds is 7. The molecule has 10 heteroatoms. The Labute approximate surface area is 233 Å². The number of hydrogen-bond acceptors (Lipinski definition) is 5. The number of ether oxygens (including phenoxy) is 2. The molecule has 0 spiro atoms. The summed E-state index contributed by atoms with van der Waals surface area (Å²) in [6.07, 6.45) is 0.348. The molecule has 1 fully saturated rings. The number of carbonyl (C=O) groups excluding carboxylic acids is 3. The lowest BCUT2D eigenvalue weighted by atomic mass is 10.1. The Kier molecular flexibility index (Phi) is 8.34. The fraction of sp³-hybridized carbons (Fsp3) is 0.276. The van der Waals surface area contributed by atoms with Crippen molar-refractivity contribution in [3.63, 3.8) is 0 Å². The van der Waals surface area contributed by atoms with Crippen molar-refractivity contribution in [3.8, 4) is 5.75 Å². The van der Waals surface area contributed by atoms with E-state index >= 15 is 0 Å². The standard InChI is InChI=1S/C29H27BrF2N2O5/c1-29(2,3)39-28(37)18-13-20(30)15-22(14-18)34-11-10-25(27(34)36)33-26(35)17-4-9-24(32)19(12-17)16-38-23-7-5-21(31)6-8-23/h4-9,12-15,25H,10-11,16H2,1-3H3,(H,33,35). The number of nitrogens with zero attached hydrogens (tertiary/aromatic N) is 1. The molecule has 1 aliphatic heterocycles. The van der Waals surface area contributed by atoms with Gasteiger partial charge in [-0.05, 0) is 87.9 Å². The van der Waals surface area contributed by atoms with Crippen LogP contribution in [0.1, 0.15) is 53.5 Å². The highest BCUT2D eigenvalue weighted by Gasteiger charge is 2.34. The van der Waals surface area contributed by atoms with Gasteiger partial charge in [-0.15, -0.1) is 0 Å². The minimum Gasteiger partial charge on any atom is -0.489 e. The van der Waals surface area contributed by atoms with E-state index in [2.05, 4.69) is 21.2 Å². The van der Waals surface area contributed by atoms with Gasteiger partial charge >= 0.3 is 5.97 Å². The molecule has 0 saturated carbocycles. The SMILES string of the molecule is CC(C)(C)OC(=O)c1cc(Br)cc(N2CCC(NC(=O)c3ccc(F)c(COc4ccc(F)cc4)c3)C2=O)c1. The Balaban J connectivity index is 1.43. The highest BCUT2D eigenvalue weighted by Crippen LogP contribution is 2.28. The van der Waals surface area contributed by atoms with Gasteiger partial charge in [-0.2, -0.15) is 0 Å². The van der Waals surface area contributed by atoms with Crippen molar-refractivity contribution in [3.05, 3.63) is 93.5 Å². The van der Waals surface area contributed by atoms with E-state index in [0.717, 1.165) is 6.07 Å². The first-order chi connectivity index (χ1) is 18.4. The van der Waals surface area contributed by atoms with Gasteiger partial charge in [0.15, 0.2) is 0 Å². The number of anilines is 1. The maximum Gasteiger partial charge on any atom is 0.338 e. The number of nitrogens with one attached hydrogen (secondary N) is 1. The van der Waals surface area contributed by atoms with Gasteiger partial charge in [-0.1, -0.05) is 15.9 Å². The number of hydrogen-bond donors (Lipinski definition) is 1. The first kappa shape index (κ1) is 28.2. The highest BCUT2D eigenvalue weighted by molar-refractivity contribution is 9.10. The average Bonchev–Trinajstić information content (AvgIpc) is 3.22. The van der Waals surface area contributed by atoms with Crippen LogP contribution < -0.4 is 15.0 Å². The molecule has 3 aromatic carbocycles. The number of esters is 1. The van der Waals surface area contributed by atoms with Crippen molar-refractivity contribution in [1.82, 2.24) is 5.32 Å². The lowest BCUT2D eigenvalue weighted by Gasteiger charge is -2.21. The van der Waals surface area contributed by atoms with Crippen molar-refractivity contribution < 1.29 is 32.6 Å². The van der Waals surface area contributed by atoms with Crippen LogP contribution in [0, 0.1) is 11.6 Å². The van der Waals surface area contributed by atoms with Crippen LogP contribution >= 0.6 is 15.9 Å². The van der Waals surface area contributed by atoms with Gasteiger partial charge in [-0.3, -0.25) is 9.59 Å². The molecule has 0 aromatic heterocycles. The van der Waals surface area contributed by atoms with Gasteiger partial charge in [0.2, 0.25) is 5.91 Å². The van der Waals surface area contributed by atoms with Gasteiger partial charge in [0.1, 0.15) is 35.6 Å². The monoisotopic (exact) mass is 600 g/mol. The minimum atomic E-state index is -0.801. The molecular formula is C29H27BrF2N2O5. The summed E-state index contributed by atoms with van der Waals surface area (Å²) in [6, 6.07) is 13.2. The predicted molar refractivity (Wildman–Crippen MR) is 145 cm³/mol. The molecule has 4 rings (SSSR count). The van der Waals surface area contributed by atoms with Gasteiger partial charge < -0.3 is 19.7 Å². The van der Waals surface area contributed by atoms with Crippen LogP contribution in [0.2, 0.25) is 0 Å². The van der Waals surface area contributed by atoms with Crippen molar-refractivity contribution in [2.24, 2.45) is 0 Å². The minimum absolute atomic E-state index is 0.134.